The number of hydrogen-bond acceptors (Lipinski definition) is 5. The number of aromatic nitrogens is 4. The van der Waals surface area contributed by atoms with Gasteiger partial charge >= 0.3 is 18.4 Å². The number of rotatable bonds is 5. The Balaban J connectivity index is 1.43. The van der Waals surface area contributed by atoms with Crippen molar-refractivity contribution in [2.24, 2.45) is 0 Å². The van der Waals surface area contributed by atoms with Gasteiger partial charge in [0.05, 0.1) is 22.9 Å². The van der Waals surface area contributed by atoms with Crippen LogP contribution in [-0.4, -0.2) is 75.2 Å². The second-order valence-electron chi connectivity index (χ2n) is 10.5. The first-order valence-electron chi connectivity index (χ1n) is 13.3. The quantitative estimate of drug-likeness (QED) is 0.265. The molecule has 0 saturated carbocycles. The molecule has 1 aromatic heterocycles. The molecule has 1 saturated heterocycles. The van der Waals surface area contributed by atoms with E-state index < -0.39 is 58.9 Å². The molecule has 236 valence electrons. The Kier molecular flexibility index (Phi) is 8.25. The van der Waals surface area contributed by atoms with Crippen LogP contribution in [-0.2, 0) is 12.4 Å². The summed E-state index contributed by atoms with van der Waals surface area (Å²) in [7, 11) is 2.40. The van der Waals surface area contributed by atoms with Crippen molar-refractivity contribution >= 4 is 17.6 Å². The summed E-state index contributed by atoms with van der Waals surface area (Å²) < 4.78 is 95.9. The summed E-state index contributed by atoms with van der Waals surface area (Å²) in [5.74, 6) is -1.47. The van der Waals surface area contributed by atoms with E-state index >= 15 is 0 Å². The number of anilines is 1. The molecule has 16 heteroatoms. The van der Waals surface area contributed by atoms with Crippen molar-refractivity contribution in [2.75, 3.05) is 32.1 Å². The van der Waals surface area contributed by atoms with Gasteiger partial charge in [0.2, 0.25) is 0 Å². The van der Waals surface area contributed by atoms with Gasteiger partial charge in [0.15, 0.2) is 0 Å². The lowest BCUT2D eigenvalue weighted by Crippen LogP contribution is -2.47. The number of amides is 3. The van der Waals surface area contributed by atoms with Crippen LogP contribution in [0.15, 0.2) is 73.1 Å². The van der Waals surface area contributed by atoms with Gasteiger partial charge in [-0.2, -0.15) is 26.3 Å². The summed E-state index contributed by atoms with van der Waals surface area (Å²) in [5, 5.41) is 10.9. The highest BCUT2D eigenvalue weighted by Crippen LogP contribution is 2.39. The molecule has 9 nitrogen and oxygen atoms in total. The number of carbonyl (C=O) groups is 2. The van der Waals surface area contributed by atoms with E-state index in [9.17, 15) is 40.3 Å². The van der Waals surface area contributed by atoms with Gasteiger partial charge in [-0.3, -0.25) is 9.69 Å². The minimum Gasteiger partial charge on any atom is -0.336 e. The molecular weight excluding hydrogens is 611 g/mol. The Morgan fingerprint density at radius 1 is 0.844 bits per heavy atom. The smallest absolute Gasteiger partial charge is 0.336 e. The van der Waals surface area contributed by atoms with Gasteiger partial charge in [-0.25, -0.2) is 13.9 Å². The van der Waals surface area contributed by atoms with Crippen molar-refractivity contribution < 1.29 is 40.3 Å². The number of likely N-dealkylation sites (N-methyl/N-ethyl adjacent to an activating group) is 1. The van der Waals surface area contributed by atoms with Gasteiger partial charge in [0, 0.05) is 44.4 Å². The van der Waals surface area contributed by atoms with Crippen LogP contribution in [0.5, 0.6) is 0 Å². The number of urea groups is 1. The van der Waals surface area contributed by atoms with E-state index in [1.54, 1.807) is 24.3 Å². The maximum Gasteiger partial charge on any atom is 0.416 e. The van der Waals surface area contributed by atoms with Gasteiger partial charge in [-0.05, 0) is 70.6 Å². The molecule has 0 aliphatic carbocycles. The van der Waals surface area contributed by atoms with Gasteiger partial charge in [0.1, 0.15) is 12.1 Å². The molecule has 4 aromatic rings. The zero-order valence-electron chi connectivity index (χ0n) is 23.6. The number of benzene rings is 3. The van der Waals surface area contributed by atoms with Crippen LogP contribution in [0.1, 0.15) is 33.0 Å². The summed E-state index contributed by atoms with van der Waals surface area (Å²) in [6.07, 6.45) is -8.82. The normalized spacial score (nSPS) is 17.0. The summed E-state index contributed by atoms with van der Waals surface area (Å²) in [5.41, 5.74) is -2.28. The van der Waals surface area contributed by atoms with Crippen molar-refractivity contribution in [1.29, 1.82) is 0 Å². The topological polar surface area (TPSA) is 87.5 Å². The Bertz CT molecular complexity index is 1640. The number of hydrogen-bond donors (Lipinski definition) is 0. The van der Waals surface area contributed by atoms with Gasteiger partial charge in [-0.1, -0.05) is 12.1 Å². The summed E-state index contributed by atoms with van der Waals surface area (Å²) in [4.78, 5) is 30.4. The second-order valence-corrected chi connectivity index (χ2v) is 10.5. The molecule has 0 spiro atoms. The molecule has 2 unspecified atom stereocenters. The largest absolute Gasteiger partial charge is 0.416 e. The van der Waals surface area contributed by atoms with Crippen molar-refractivity contribution in [3.63, 3.8) is 0 Å². The van der Waals surface area contributed by atoms with Crippen molar-refractivity contribution in [3.05, 3.63) is 101 Å². The highest BCUT2D eigenvalue weighted by atomic mass is 19.4. The van der Waals surface area contributed by atoms with E-state index in [1.165, 1.54) is 47.2 Å². The fourth-order valence-corrected chi connectivity index (χ4v) is 5.22. The molecule has 3 amide bonds. The highest BCUT2D eigenvalue weighted by molar-refractivity contribution is 5.95. The molecule has 0 bridgehead atoms. The SMILES string of the molecule is CN(C(=O)N(C)C1CN(C(=O)c2ccc(-n3cnnn3)cc2)CC1c1ccc(F)cc1)c1cc(C(F)(F)F)cc(C(F)(F)F)c1. The van der Waals surface area contributed by atoms with E-state index in [2.05, 4.69) is 15.5 Å². The molecule has 5 rings (SSSR count). The summed E-state index contributed by atoms with van der Waals surface area (Å²) in [6, 6.07) is 11.0. The van der Waals surface area contributed by atoms with Crippen LogP contribution in [0.4, 0.5) is 41.2 Å². The first-order chi connectivity index (χ1) is 21.1. The Morgan fingerprint density at radius 2 is 1.44 bits per heavy atom. The van der Waals surface area contributed by atoms with Crippen LogP contribution < -0.4 is 4.90 Å². The third kappa shape index (κ3) is 6.58. The van der Waals surface area contributed by atoms with Crippen LogP contribution >= 0.6 is 0 Å². The predicted molar refractivity (Wildman–Crippen MR) is 146 cm³/mol. The fraction of sp³-hybridized carbons (Fsp3) is 0.276. The van der Waals surface area contributed by atoms with Crippen molar-refractivity contribution in [2.45, 2.75) is 24.3 Å². The average molecular weight is 636 g/mol. The number of nitrogens with zero attached hydrogens (tertiary/aromatic N) is 7. The molecule has 45 heavy (non-hydrogen) atoms. The number of alkyl halides is 6. The average Bonchev–Trinajstić information content (AvgIpc) is 3.70. The second kappa shape index (κ2) is 11.8. The van der Waals surface area contributed by atoms with E-state index in [1.807, 2.05) is 0 Å². The zero-order chi connectivity index (χ0) is 32.7. The molecule has 0 radical (unpaired) electrons. The van der Waals surface area contributed by atoms with Crippen LogP contribution in [0.3, 0.4) is 0 Å². The van der Waals surface area contributed by atoms with Crippen LogP contribution in [0, 0.1) is 5.82 Å². The lowest BCUT2D eigenvalue weighted by Gasteiger charge is -2.33. The third-order valence-corrected chi connectivity index (χ3v) is 7.65. The van der Waals surface area contributed by atoms with Crippen molar-refractivity contribution in [3.8, 4) is 5.69 Å². The van der Waals surface area contributed by atoms with Gasteiger partial charge in [-0.15, -0.1) is 5.10 Å². The zero-order valence-corrected chi connectivity index (χ0v) is 23.6. The van der Waals surface area contributed by atoms with Gasteiger partial charge < -0.3 is 9.80 Å². The monoisotopic (exact) mass is 635 g/mol. The van der Waals surface area contributed by atoms with E-state index in [4.69, 9.17) is 0 Å². The Hall–Kier alpha value is -5.02. The summed E-state index contributed by atoms with van der Waals surface area (Å²) >= 11 is 0. The molecule has 3 aromatic carbocycles. The third-order valence-electron chi connectivity index (χ3n) is 7.65. The number of tetrazole rings is 1. The van der Waals surface area contributed by atoms with Crippen LogP contribution in [0.2, 0.25) is 0 Å². The minimum absolute atomic E-state index is 0.0219. The molecule has 1 aliphatic heterocycles. The van der Waals surface area contributed by atoms with E-state index in [0.717, 1.165) is 11.9 Å². The number of likely N-dealkylation sites (tertiary alicyclic amines) is 1. The lowest BCUT2D eigenvalue weighted by molar-refractivity contribution is -0.143. The maximum atomic E-state index is 13.7. The maximum absolute atomic E-state index is 13.7. The van der Waals surface area contributed by atoms with Gasteiger partial charge in [0.25, 0.3) is 5.91 Å². The van der Waals surface area contributed by atoms with Crippen LogP contribution in [0.25, 0.3) is 5.69 Å². The lowest BCUT2D eigenvalue weighted by atomic mass is 9.93. The van der Waals surface area contributed by atoms with E-state index in [0.29, 0.717) is 33.8 Å². The molecule has 1 fully saturated rings. The molecule has 1 aliphatic rings. The first-order valence-corrected chi connectivity index (χ1v) is 13.3. The first kappa shape index (κ1) is 31.4. The molecular formula is C29H24F7N7O2. The Morgan fingerprint density at radius 3 is 1.98 bits per heavy atom. The van der Waals surface area contributed by atoms with Crippen molar-refractivity contribution in [1.82, 2.24) is 30.0 Å². The standard InChI is InChI=1S/C29H24F7N7O2/c1-40(23-12-19(28(31,32)33)11-20(13-23)29(34,35)36)27(45)41(2)25-15-42(14-24(25)17-3-7-21(30)8-4-17)26(44)18-5-9-22(10-6-18)43-16-37-38-39-43/h3-13,16,24-25H,14-15H2,1-2H3. The highest BCUT2D eigenvalue weighted by Gasteiger charge is 2.42. The minimum atomic E-state index is -5.10. The number of carbonyl (C=O) groups excluding carboxylic acids is 2. The predicted octanol–water partition coefficient (Wildman–Crippen LogP) is 5.64. The molecule has 0 N–H and O–H groups in total. The number of halogens is 7. The Labute approximate surface area is 251 Å². The van der Waals surface area contributed by atoms with E-state index in [-0.39, 0.29) is 19.2 Å². The molecule has 2 atom stereocenters. The molecule has 2 heterocycles. The fourth-order valence-electron chi connectivity index (χ4n) is 5.22. The summed E-state index contributed by atoms with van der Waals surface area (Å²) in [6.45, 7) is 0.0646.